The van der Waals surface area contributed by atoms with Crippen molar-refractivity contribution in [3.05, 3.63) is 58.8 Å². The summed E-state index contributed by atoms with van der Waals surface area (Å²) in [4.78, 5) is 12.2. The third kappa shape index (κ3) is 3.97. The van der Waals surface area contributed by atoms with Crippen LogP contribution in [0.5, 0.6) is 0 Å². The summed E-state index contributed by atoms with van der Waals surface area (Å²) in [7, 11) is -3.82. The summed E-state index contributed by atoms with van der Waals surface area (Å²) in [5.74, 6) is -0.423. The van der Waals surface area contributed by atoms with Crippen LogP contribution in [0.4, 0.5) is 5.69 Å². The maximum Gasteiger partial charge on any atom is 0.374 e. The van der Waals surface area contributed by atoms with E-state index in [2.05, 4.69) is 0 Å². The number of halogens is 1. The van der Waals surface area contributed by atoms with Crippen LogP contribution in [0.3, 0.4) is 0 Å². The first-order valence-corrected chi connectivity index (χ1v) is 11.0. The van der Waals surface area contributed by atoms with Gasteiger partial charge in [0.25, 0.3) is 10.0 Å². The fraction of sp³-hybridized carbons (Fsp3) is 0.286. The summed E-state index contributed by atoms with van der Waals surface area (Å²) in [6, 6.07) is 10.7. The monoisotopic (exact) mass is 435 g/mol. The van der Waals surface area contributed by atoms with Crippen LogP contribution >= 0.6 is 11.6 Å². The van der Waals surface area contributed by atoms with Crippen LogP contribution in [0.2, 0.25) is 5.02 Å². The molecule has 0 aliphatic heterocycles. The minimum Gasteiger partial charge on any atom is -0.460 e. The zero-order chi connectivity index (χ0) is 21.3. The maximum absolute atomic E-state index is 13.3. The van der Waals surface area contributed by atoms with Gasteiger partial charge in [0.2, 0.25) is 5.76 Å². The van der Waals surface area contributed by atoms with Crippen LogP contribution in [0.1, 0.15) is 36.9 Å². The van der Waals surface area contributed by atoms with Gasteiger partial charge in [-0.1, -0.05) is 11.6 Å². The number of nitrogens with zero attached hydrogens (tertiary/aromatic N) is 1. The molecule has 0 amide bonds. The summed E-state index contributed by atoms with van der Waals surface area (Å²) in [5.41, 5.74) is 1.57. The zero-order valence-corrected chi connectivity index (χ0v) is 18.2. The number of ether oxygens (including phenoxy) is 1. The first-order chi connectivity index (χ1) is 13.7. The molecule has 3 aromatic rings. The summed E-state index contributed by atoms with van der Waals surface area (Å²) in [6.45, 7) is 7.29. The Hall–Kier alpha value is -2.51. The predicted molar refractivity (Wildman–Crippen MR) is 113 cm³/mol. The van der Waals surface area contributed by atoms with Gasteiger partial charge in [-0.05, 0) is 70.2 Å². The molecular formula is C21H22ClNO5S. The van der Waals surface area contributed by atoms with Crippen molar-refractivity contribution in [2.24, 2.45) is 0 Å². The normalized spacial score (nSPS) is 11.8. The number of anilines is 1. The molecule has 1 heterocycles. The number of hydrogen-bond acceptors (Lipinski definition) is 5. The molecule has 0 bridgehead atoms. The van der Waals surface area contributed by atoms with Crippen molar-refractivity contribution in [1.29, 1.82) is 0 Å². The quantitative estimate of drug-likeness (QED) is 0.499. The number of aryl methyl sites for hydroxylation is 1. The molecule has 0 fully saturated rings. The van der Waals surface area contributed by atoms with Crippen LogP contribution in [-0.4, -0.2) is 27.0 Å². The number of carbonyl (C=O) groups is 1. The zero-order valence-electron chi connectivity index (χ0n) is 16.6. The molecule has 154 valence electrons. The smallest absolute Gasteiger partial charge is 0.374 e. The maximum atomic E-state index is 13.3. The van der Waals surface area contributed by atoms with E-state index in [9.17, 15) is 13.2 Å². The number of sulfonamides is 1. The van der Waals surface area contributed by atoms with Gasteiger partial charge in [0, 0.05) is 22.0 Å². The van der Waals surface area contributed by atoms with E-state index >= 15 is 0 Å². The third-order valence-corrected chi connectivity index (χ3v) is 6.74. The fourth-order valence-electron chi connectivity index (χ4n) is 3.17. The highest BCUT2D eigenvalue weighted by molar-refractivity contribution is 7.92. The van der Waals surface area contributed by atoms with Gasteiger partial charge in [0.15, 0.2) is 0 Å². The Bertz CT molecular complexity index is 1150. The van der Waals surface area contributed by atoms with Gasteiger partial charge in [0.1, 0.15) is 5.58 Å². The molecule has 3 rings (SSSR count). The lowest BCUT2D eigenvalue weighted by molar-refractivity contribution is 0.0491. The molecule has 0 atom stereocenters. The van der Waals surface area contributed by atoms with Gasteiger partial charge >= 0.3 is 5.97 Å². The number of furan rings is 1. The van der Waals surface area contributed by atoms with E-state index in [1.807, 2.05) is 0 Å². The average molecular weight is 436 g/mol. The van der Waals surface area contributed by atoms with Gasteiger partial charge in [-0.3, -0.25) is 4.31 Å². The summed E-state index contributed by atoms with van der Waals surface area (Å²) < 4.78 is 38.6. The van der Waals surface area contributed by atoms with E-state index in [-0.39, 0.29) is 23.3 Å². The molecule has 0 radical (unpaired) electrons. The molecule has 29 heavy (non-hydrogen) atoms. The number of hydrogen-bond donors (Lipinski definition) is 0. The van der Waals surface area contributed by atoms with E-state index in [0.29, 0.717) is 27.2 Å². The lowest BCUT2D eigenvalue weighted by Crippen LogP contribution is -2.37. The van der Waals surface area contributed by atoms with Crippen LogP contribution in [-0.2, 0) is 14.8 Å². The van der Waals surface area contributed by atoms with E-state index in [0.717, 1.165) is 0 Å². The number of benzene rings is 2. The summed E-state index contributed by atoms with van der Waals surface area (Å²) in [5, 5.41) is 1.12. The molecule has 0 unspecified atom stereocenters. The molecule has 0 saturated heterocycles. The fourth-order valence-corrected chi connectivity index (χ4v) is 4.95. The van der Waals surface area contributed by atoms with Gasteiger partial charge in [-0.25, -0.2) is 13.2 Å². The highest BCUT2D eigenvalue weighted by atomic mass is 35.5. The number of rotatable bonds is 6. The Morgan fingerprint density at radius 3 is 2.41 bits per heavy atom. The van der Waals surface area contributed by atoms with E-state index < -0.39 is 16.0 Å². The molecule has 2 aromatic carbocycles. The molecule has 0 aliphatic carbocycles. The van der Waals surface area contributed by atoms with E-state index in [1.165, 1.54) is 16.4 Å². The van der Waals surface area contributed by atoms with Crippen molar-refractivity contribution in [3.8, 4) is 0 Å². The Balaban J connectivity index is 2.11. The van der Waals surface area contributed by atoms with Crippen molar-refractivity contribution < 1.29 is 22.4 Å². The van der Waals surface area contributed by atoms with Gasteiger partial charge in [-0.15, -0.1) is 0 Å². The lowest BCUT2D eigenvalue weighted by Gasteiger charge is -2.28. The van der Waals surface area contributed by atoms with E-state index in [1.54, 1.807) is 58.0 Å². The van der Waals surface area contributed by atoms with Gasteiger partial charge in [0.05, 0.1) is 17.2 Å². The molecule has 8 heteroatoms. The third-order valence-electron chi connectivity index (χ3n) is 4.47. The van der Waals surface area contributed by atoms with Crippen molar-refractivity contribution in [2.75, 3.05) is 10.9 Å². The molecule has 0 spiro atoms. The SMILES string of the molecule is CCOC(=O)c1oc2ccc(N(C(C)C)S(=O)(=O)c3ccc(Cl)cc3)cc2c1C. The highest BCUT2D eigenvalue weighted by Gasteiger charge is 2.28. The molecule has 6 nitrogen and oxygen atoms in total. The second kappa shape index (κ2) is 8.08. The average Bonchev–Trinajstić information content (AvgIpc) is 2.98. The number of fused-ring (bicyclic) bond motifs is 1. The Morgan fingerprint density at radius 1 is 1.17 bits per heavy atom. The Kier molecular flexibility index (Phi) is 5.91. The van der Waals surface area contributed by atoms with Crippen LogP contribution in [0.25, 0.3) is 11.0 Å². The molecule has 0 N–H and O–H groups in total. The minimum absolute atomic E-state index is 0.121. The molecule has 0 saturated carbocycles. The van der Waals surface area contributed by atoms with Crippen molar-refractivity contribution in [3.63, 3.8) is 0 Å². The molecule has 0 aliphatic rings. The molecule has 1 aromatic heterocycles. The molecular weight excluding hydrogens is 414 g/mol. The Labute approximate surface area is 175 Å². The standard InChI is InChI=1S/C21H22ClNO5S/c1-5-27-21(24)20-14(4)18-12-16(8-11-19(18)28-20)23(13(2)3)29(25,26)17-9-6-15(22)7-10-17/h6-13H,5H2,1-4H3. The van der Waals surface area contributed by atoms with Crippen LogP contribution in [0.15, 0.2) is 51.8 Å². The van der Waals surface area contributed by atoms with Crippen molar-refractivity contribution >= 4 is 44.3 Å². The summed E-state index contributed by atoms with van der Waals surface area (Å²) in [6.07, 6.45) is 0. The largest absolute Gasteiger partial charge is 0.460 e. The van der Waals surface area contributed by atoms with Gasteiger partial charge < -0.3 is 9.15 Å². The number of esters is 1. The first kappa shape index (κ1) is 21.2. The van der Waals surface area contributed by atoms with Crippen LogP contribution < -0.4 is 4.31 Å². The second-order valence-corrected chi connectivity index (χ2v) is 9.06. The predicted octanol–water partition coefficient (Wildman–Crippen LogP) is 5.18. The van der Waals surface area contributed by atoms with Gasteiger partial charge in [-0.2, -0.15) is 0 Å². The first-order valence-electron chi connectivity index (χ1n) is 9.17. The lowest BCUT2D eigenvalue weighted by atomic mass is 10.1. The topological polar surface area (TPSA) is 76.8 Å². The highest BCUT2D eigenvalue weighted by Crippen LogP contribution is 2.33. The van der Waals surface area contributed by atoms with Crippen molar-refractivity contribution in [2.45, 2.75) is 38.6 Å². The number of carbonyl (C=O) groups excluding carboxylic acids is 1. The Morgan fingerprint density at radius 2 is 1.83 bits per heavy atom. The van der Waals surface area contributed by atoms with E-state index in [4.69, 9.17) is 20.8 Å². The van der Waals surface area contributed by atoms with Crippen molar-refractivity contribution in [1.82, 2.24) is 0 Å². The second-order valence-electron chi connectivity index (χ2n) is 6.81. The minimum atomic E-state index is -3.82. The van der Waals surface area contributed by atoms with Crippen LogP contribution in [0, 0.1) is 6.92 Å². The summed E-state index contributed by atoms with van der Waals surface area (Å²) >= 11 is 5.90.